The fraction of sp³-hybridized carbons (Fsp3) is 0.588. The maximum absolute atomic E-state index is 12.4. The lowest BCUT2D eigenvalue weighted by atomic mass is 9.85. The normalized spacial score (nSPS) is 23.9. The second-order valence-electron chi connectivity index (χ2n) is 6.72. The molecule has 0 spiro atoms. The molecule has 2 saturated heterocycles. The second kappa shape index (κ2) is 6.76. The van der Waals surface area contributed by atoms with Crippen molar-refractivity contribution in [2.24, 2.45) is 0 Å². The number of aliphatic hydroxyl groups is 1. The predicted octanol–water partition coefficient (Wildman–Crippen LogP) is 0.695. The van der Waals surface area contributed by atoms with Gasteiger partial charge in [0.1, 0.15) is 0 Å². The summed E-state index contributed by atoms with van der Waals surface area (Å²) in [6.45, 7) is 1.55. The van der Waals surface area contributed by atoms with Gasteiger partial charge in [-0.05, 0) is 25.3 Å². The Morgan fingerprint density at radius 1 is 1.42 bits per heavy atom. The van der Waals surface area contributed by atoms with E-state index < -0.39 is 5.60 Å². The number of likely N-dealkylation sites (tertiary alicyclic amines) is 2. The Hall–Kier alpha value is -2.15. The summed E-state index contributed by atoms with van der Waals surface area (Å²) in [6, 6.07) is 3.57. The Morgan fingerprint density at radius 2 is 2.17 bits per heavy atom. The number of amides is 3. The highest BCUT2D eigenvalue weighted by molar-refractivity contribution is 5.78. The number of pyridine rings is 1. The number of piperidine rings is 2. The summed E-state index contributed by atoms with van der Waals surface area (Å²) in [5.41, 5.74) is -0.111. The van der Waals surface area contributed by atoms with Crippen LogP contribution in [0.25, 0.3) is 0 Å². The first-order valence-electron chi connectivity index (χ1n) is 8.40. The molecule has 1 aromatic heterocycles. The molecule has 1 atom stereocenters. The average molecular weight is 332 g/mol. The number of hydrogen-bond donors (Lipinski definition) is 2. The van der Waals surface area contributed by atoms with Crippen molar-refractivity contribution in [1.29, 1.82) is 0 Å². The molecule has 2 aliphatic rings. The molecular weight excluding hydrogens is 308 g/mol. The van der Waals surface area contributed by atoms with Gasteiger partial charge in [0.05, 0.1) is 5.60 Å². The number of carbonyl (C=O) groups excluding carboxylic acids is 2. The van der Waals surface area contributed by atoms with Gasteiger partial charge in [-0.3, -0.25) is 9.78 Å². The van der Waals surface area contributed by atoms with Crippen LogP contribution in [0, 0.1) is 0 Å². The Labute approximate surface area is 141 Å². The summed E-state index contributed by atoms with van der Waals surface area (Å²) in [5.74, 6) is 0.125. The lowest BCUT2D eigenvalue weighted by molar-refractivity contribution is -0.132. The molecular formula is C17H24N4O3. The van der Waals surface area contributed by atoms with E-state index in [-0.39, 0.29) is 18.0 Å². The first kappa shape index (κ1) is 16.7. The maximum atomic E-state index is 12.4. The maximum Gasteiger partial charge on any atom is 0.317 e. The Kier molecular flexibility index (Phi) is 4.71. The Balaban J connectivity index is 1.53. The summed E-state index contributed by atoms with van der Waals surface area (Å²) in [7, 11) is 1.76. The molecule has 2 fully saturated rings. The zero-order valence-electron chi connectivity index (χ0n) is 13.9. The van der Waals surface area contributed by atoms with Crippen molar-refractivity contribution in [1.82, 2.24) is 20.1 Å². The van der Waals surface area contributed by atoms with Crippen LogP contribution < -0.4 is 5.32 Å². The van der Waals surface area contributed by atoms with Crippen molar-refractivity contribution in [2.75, 3.05) is 26.7 Å². The minimum Gasteiger partial charge on any atom is -0.385 e. The molecule has 3 amide bonds. The van der Waals surface area contributed by atoms with Gasteiger partial charge >= 0.3 is 6.03 Å². The van der Waals surface area contributed by atoms with E-state index in [1.807, 2.05) is 12.1 Å². The van der Waals surface area contributed by atoms with Gasteiger partial charge in [0.15, 0.2) is 0 Å². The summed E-state index contributed by atoms with van der Waals surface area (Å²) < 4.78 is 0. The van der Waals surface area contributed by atoms with E-state index >= 15 is 0 Å². The SMILES string of the molecule is CN1CC(NC(=O)N2CCC(O)(c3cccnc3)CC2)CCC1=O. The first-order chi connectivity index (χ1) is 11.5. The molecule has 0 radical (unpaired) electrons. The largest absolute Gasteiger partial charge is 0.385 e. The van der Waals surface area contributed by atoms with E-state index in [1.165, 1.54) is 0 Å². The van der Waals surface area contributed by atoms with Crippen LogP contribution in [0.1, 0.15) is 31.2 Å². The van der Waals surface area contributed by atoms with E-state index in [0.29, 0.717) is 45.3 Å². The number of nitrogens with one attached hydrogen (secondary N) is 1. The fourth-order valence-electron chi connectivity index (χ4n) is 3.40. The average Bonchev–Trinajstić information content (AvgIpc) is 2.59. The van der Waals surface area contributed by atoms with E-state index in [9.17, 15) is 14.7 Å². The number of hydrogen-bond acceptors (Lipinski definition) is 4. The third-order valence-electron chi connectivity index (χ3n) is 5.03. The number of likely N-dealkylation sites (N-methyl/N-ethyl adjacent to an activating group) is 1. The third kappa shape index (κ3) is 3.51. The molecule has 3 rings (SSSR count). The molecule has 0 bridgehead atoms. The smallest absolute Gasteiger partial charge is 0.317 e. The molecule has 24 heavy (non-hydrogen) atoms. The van der Waals surface area contributed by atoms with Gasteiger partial charge in [-0.25, -0.2) is 4.79 Å². The highest BCUT2D eigenvalue weighted by atomic mass is 16.3. The topological polar surface area (TPSA) is 85.8 Å². The van der Waals surface area contributed by atoms with Crippen LogP contribution in [-0.2, 0) is 10.4 Å². The molecule has 7 heteroatoms. The Morgan fingerprint density at radius 3 is 2.79 bits per heavy atom. The third-order valence-corrected chi connectivity index (χ3v) is 5.03. The molecule has 3 heterocycles. The van der Waals surface area contributed by atoms with E-state index in [2.05, 4.69) is 10.3 Å². The fourth-order valence-corrected chi connectivity index (χ4v) is 3.40. The van der Waals surface area contributed by atoms with Crippen molar-refractivity contribution in [3.63, 3.8) is 0 Å². The van der Waals surface area contributed by atoms with Gasteiger partial charge in [-0.15, -0.1) is 0 Å². The number of aromatic nitrogens is 1. The molecule has 1 unspecified atom stereocenters. The summed E-state index contributed by atoms with van der Waals surface area (Å²) in [4.78, 5) is 31.4. The molecule has 0 saturated carbocycles. The second-order valence-corrected chi connectivity index (χ2v) is 6.72. The van der Waals surface area contributed by atoms with Crippen LogP contribution in [0.5, 0.6) is 0 Å². The van der Waals surface area contributed by atoms with Gasteiger partial charge in [-0.1, -0.05) is 6.07 Å². The van der Waals surface area contributed by atoms with E-state index in [0.717, 1.165) is 5.56 Å². The number of carbonyl (C=O) groups is 2. The van der Waals surface area contributed by atoms with Crippen LogP contribution >= 0.6 is 0 Å². The highest BCUT2D eigenvalue weighted by Crippen LogP contribution is 2.32. The monoisotopic (exact) mass is 332 g/mol. The zero-order valence-corrected chi connectivity index (χ0v) is 13.9. The molecule has 1 aromatic rings. The number of rotatable bonds is 2. The summed E-state index contributed by atoms with van der Waals surface area (Å²) in [6.07, 6.45) is 5.51. The van der Waals surface area contributed by atoms with Crippen molar-refractivity contribution < 1.29 is 14.7 Å². The molecule has 2 aliphatic heterocycles. The van der Waals surface area contributed by atoms with Gasteiger partial charge in [-0.2, -0.15) is 0 Å². The van der Waals surface area contributed by atoms with Gasteiger partial charge < -0.3 is 20.2 Å². The first-order valence-corrected chi connectivity index (χ1v) is 8.40. The quantitative estimate of drug-likeness (QED) is 0.835. The van der Waals surface area contributed by atoms with Gasteiger partial charge in [0.25, 0.3) is 0 Å². The van der Waals surface area contributed by atoms with Crippen LogP contribution in [0.15, 0.2) is 24.5 Å². The van der Waals surface area contributed by atoms with Crippen LogP contribution in [0.2, 0.25) is 0 Å². The lowest BCUT2D eigenvalue weighted by Gasteiger charge is -2.39. The summed E-state index contributed by atoms with van der Waals surface area (Å²) in [5, 5.41) is 13.8. The highest BCUT2D eigenvalue weighted by Gasteiger charge is 2.36. The van der Waals surface area contributed by atoms with Crippen LogP contribution in [-0.4, -0.2) is 64.6 Å². The lowest BCUT2D eigenvalue weighted by Crippen LogP contribution is -2.54. The van der Waals surface area contributed by atoms with E-state index in [4.69, 9.17) is 0 Å². The van der Waals surface area contributed by atoms with Gasteiger partial charge in [0.2, 0.25) is 5.91 Å². The van der Waals surface area contributed by atoms with E-state index in [1.54, 1.807) is 29.2 Å². The predicted molar refractivity (Wildman–Crippen MR) is 88.1 cm³/mol. The molecule has 0 aliphatic carbocycles. The van der Waals surface area contributed by atoms with Crippen LogP contribution in [0.3, 0.4) is 0 Å². The summed E-state index contributed by atoms with van der Waals surface area (Å²) >= 11 is 0. The van der Waals surface area contributed by atoms with Crippen molar-refractivity contribution in [2.45, 2.75) is 37.3 Å². The minimum absolute atomic E-state index is 0.000617. The zero-order chi connectivity index (χ0) is 17.2. The standard InChI is InChI=1S/C17H24N4O3/c1-20-12-14(4-5-15(20)22)19-16(23)21-9-6-17(24,7-10-21)13-3-2-8-18-11-13/h2-3,8,11,14,24H,4-7,9-10,12H2,1H3,(H,19,23). The number of urea groups is 1. The Bertz CT molecular complexity index is 599. The molecule has 130 valence electrons. The van der Waals surface area contributed by atoms with Gasteiger partial charge in [0, 0.05) is 57.1 Å². The molecule has 2 N–H and O–H groups in total. The van der Waals surface area contributed by atoms with Crippen molar-refractivity contribution in [3.05, 3.63) is 30.1 Å². The number of nitrogens with zero attached hydrogens (tertiary/aromatic N) is 3. The minimum atomic E-state index is -0.914. The van der Waals surface area contributed by atoms with Crippen molar-refractivity contribution in [3.8, 4) is 0 Å². The van der Waals surface area contributed by atoms with Crippen LogP contribution in [0.4, 0.5) is 4.79 Å². The molecule has 7 nitrogen and oxygen atoms in total. The van der Waals surface area contributed by atoms with Crippen molar-refractivity contribution >= 4 is 11.9 Å². The molecule has 0 aromatic carbocycles.